The Hall–Kier alpha value is -5.91. The molecule has 4 atom stereocenters. The van der Waals surface area contributed by atoms with E-state index in [4.69, 9.17) is 27.9 Å². The number of imidazole rings is 1. The summed E-state index contributed by atoms with van der Waals surface area (Å²) in [5.41, 5.74) is 2.29. The van der Waals surface area contributed by atoms with Crippen LogP contribution in [0.5, 0.6) is 0 Å². The molecule has 0 radical (unpaired) electrons. The highest BCUT2D eigenvalue weighted by Crippen LogP contribution is 2.63. The van der Waals surface area contributed by atoms with Crippen molar-refractivity contribution in [3.05, 3.63) is 127 Å². The highest BCUT2D eigenvalue weighted by atomic mass is 35.5. The van der Waals surface area contributed by atoms with Crippen LogP contribution in [-0.2, 0) is 42.9 Å². The van der Waals surface area contributed by atoms with Crippen LogP contribution < -0.4 is 27.0 Å². The van der Waals surface area contributed by atoms with E-state index in [2.05, 4.69) is 26.2 Å². The van der Waals surface area contributed by atoms with E-state index in [9.17, 15) is 28.8 Å². The van der Waals surface area contributed by atoms with E-state index in [1.807, 2.05) is 29.2 Å². The minimum absolute atomic E-state index is 0.0281. The largest absolute Gasteiger partial charge is 0.375 e. The topological polar surface area (TPSA) is 176 Å². The van der Waals surface area contributed by atoms with Gasteiger partial charge in [-0.25, -0.2) is 9.18 Å². The van der Waals surface area contributed by atoms with Crippen LogP contribution in [0.25, 0.3) is 11.0 Å². The van der Waals surface area contributed by atoms with Crippen LogP contribution in [0.3, 0.4) is 0 Å². The van der Waals surface area contributed by atoms with Crippen molar-refractivity contribution in [1.82, 2.24) is 29.6 Å². The van der Waals surface area contributed by atoms with Crippen LogP contribution in [0.15, 0.2) is 83.7 Å². The van der Waals surface area contributed by atoms with Crippen molar-refractivity contribution in [3.8, 4) is 0 Å². The van der Waals surface area contributed by atoms with E-state index in [0.29, 0.717) is 78.4 Å². The normalized spacial score (nSPS) is 24.8. The lowest BCUT2D eigenvalue weighted by Crippen LogP contribution is -2.60. The average Bonchev–Trinajstić information content (AvgIpc) is 3.93. The Kier molecular flexibility index (Phi) is 12.9. The fourth-order valence-electron chi connectivity index (χ4n) is 13.1. The van der Waals surface area contributed by atoms with Gasteiger partial charge in [-0.05, 0) is 110 Å². The molecule has 6 aliphatic rings. The van der Waals surface area contributed by atoms with Crippen LogP contribution in [0.1, 0.15) is 110 Å². The summed E-state index contributed by atoms with van der Waals surface area (Å²) in [5.74, 6) is -3.28. The Morgan fingerprint density at radius 2 is 1.54 bits per heavy atom. The van der Waals surface area contributed by atoms with Crippen molar-refractivity contribution in [2.24, 2.45) is 7.05 Å². The molecule has 2 spiro atoms. The molecule has 4 N–H and O–H groups in total. The predicted octanol–water partition coefficient (Wildman–Crippen LogP) is 7.34. The predicted molar refractivity (Wildman–Crippen MR) is 271 cm³/mol. The molecule has 1 unspecified atom stereocenters. The van der Waals surface area contributed by atoms with Gasteiger partial charge in [-0.15, -0.1) is 0 Å². The molecular formula is C54H57Cl2FN8O7. The lowest BCUT2D eigenvalue weighted by Gasteiger charge is -2.47. The molecule has 5 aliphatic heterocycles. The summed E-state index contributed by atoms with van der Waals surface area (Å²) in [7, 11) is 1.72. The van der Waals surface area contributed by atoms with Crippen LogP contribution in [0.4, 0.5) is 15.8 Å². The monoisotopic (exact) mass is 1020 g/mol. The van der Waals surface area contributed by atoms with Crippen LogP contribution in [0.2, 0.25) is 10.0 Å². The second-order valence-corrected chi connectivity index (χ2v) is 21.3. The molecule has 1 aliphatic carbocycles. The van der Waals surface area contributed by atoms with Gasteiger partial charge in [-0.3, -0.25) is 48.6 Å². The van der Waals surface area contributed by atoms with E-state index in [1.165, 1.54) is 10.6 Å². The van der Waals surface area contributed by atoms with Crippen molar-refractivity contribution in [2.45, 2.75) is 118 Å². The smallest absolute Gasteiger partial charge is 0.329 e. The van der Waals surface area contributed by atoms with Gasteiger partial charge in [0.2, 0.25) is 23.6 Å². The van der Waals surface area contributed by atoms with Gasteiger partial charge < -0.3 is 20.3 Å². The van der Waals surface area contributed by atoms with E-state index in [-0.39, 0.29) is 59.0 Å². The number of hydrogen-bond acceptors (Lipinski definition) is 9. The summed E-state index contributed by atoms with van der Waals surface area (Å²) >= 11 is 12.8. The molecular weight excluding hydrogens is 963 g/mol. The van der Waals surface area contributed by atoms with E-state index >= 15 is 4.39 Å². The quantitative estimate of drug-likeness (QED) is 0.110. The van der Waals surface area contributed by atoms with Gasteiger partial charge in [0, 0.05) is 79.6 Å². The minimum atomic E-state index is -1.35. The number of piperidine rings is 3. The van der Waals surface area contributed by atoms with Crippen molar-refractivity contribution in [2.75, 3.05) is 36.8 Å². The number of ether oxygens (including phenoxy) is 1. The Labute approximate surface area is 425 Å². The highest BCUT2D eigenvalue weighted by molar-refractivity contribution is 6.31. The number of halogens is 3. The standard InChI is InChI=1S/C54H57Cl2FN8O7/c1-62-47-32(7-5-10-41(47)65(52(62)71)42-17-18-43(66)60-48(42)67)30-63-25-19-35(20-26-63)72-36-21-27-64(28-22-36)50(69)31-11-14-34(15-12-31)58-49(68)46-44(37-8-6-9-39(56)45(37)57)54(53(61-46)23-3-2-4-24-53)38-16-13-33(55)29-40(38)59-51(54)70/h5-16,29,35-36,42,44,46,61H,2-4,17-28,30H2,1H3,(H,58,68)(H,59,70)(H,60,66,67)/t42?,44-,46+,54+/m0/s1. The number of carbonyl (C=O) groups excluding carboxylic acids is 5. The van der Waals surface area contributed by atoms with Crippen LogP contribution in [0, 0.1) is 5.82 Å². The van der Waals surface area contributed by atoms with Gasteiger partial charge >= 0.3 is 5.69 Å². The molecule has 1 saturated carbocycles. The maximum absolute atomic E-state index is 16.4. The lowest BCUT2D eigenvalue weighted by atomic mass is 9.55. The maximum atomic E-state index is 16.4. The number of benzene rings is 4. The Morgan fingerprint density at radius 1 is 0.833 bits per heavy atom. The number of carbonyl (C=O) groups is 5. The summed E-state index contributed by atoms with van der Waals surface area (Å²) < 4.78 is 26.1. The highest BCUT2D eigenvalue weighted by Gasteiger charge is 2.72. The van der Waals surface area contributed by atoms with Gasteiger partial charge in [0.15, 0.2) is 0 Å². The summed E-state index contributed by atoms with van der Waals surface area (Å²) in [5, 5.41) is 12.5. The van der Waals surface area contributed by atoms with E-state index < -0.39 is 46.6 Å². The third kappa shape index (κ3) is 8.23. The van der Waals surface area contributed by atoms with Gasteiger partial charge in [0.25, 0.3) is 5.91 Å². The zero-order valence-corrected chi connectivity index (χ0v) is 41.5. The first-order valence-corrected chi connectivity index (χ1v) is 26.0. The van der Waals surface area contributed by atoms with Crippen molar-refractivity contribution in [1.29, 1.82) is 0 Å². The molecule has 4 saturated heterocycles. The zero-order valence-electron chi connectivity index (χ0n) is 40.0. The molecule has 11 rings (SSSR count). The number of hydrogen-bond donors (Lipinski definition) is 4. The first kappa shape index (κ1) is 48.4. The summed E-state index contributed by atoms with van der Waals surface area (Å²) in [6, 6.07) is 20.8. The number of amides is 5. The molecule has 15 nitrogen and oxygen atoms in total. The number of aryl methyl sites for hydroxylation is 1. The maximum Gasteiger partial charge on any atom is 0.329 e. The number of nitrogens with zero attached hydrogens (tertiary/aromatic N) is 4. The second-order valence-electron chi connectivity index (χ2n) is 20.5. The van der Waals surface area contributed by atoms with Crippen molar-refractivity contribution in [3.63, 3.8) is 0 Å². The van der Waals surface area contributed by atoms with Crippen molar-refractivity contribution < 1.29 is 33.1 Å². The minimum Gasteiger partial charge on any atom is -0.375 e. The lowest BCUT2D eigenvalue weighted by molar-refractivity contribution is -0.135. The molecule has 5 amide bonds. The van der Waals surface area contributed by atoms with Gasteiger partial charge in [0.05, 0.1) is 34.3 Å². The SMILES string of the molecule is Cn1c(=O)n(C2CCC(=O)NC2=O)c2cccc(CN3CCC(OC4CCN(C(=O)c5ccc(NC(=O)[C@@H]6NC7(CCCCC7)[C@@]7(C(=O)Nc8cc(Cl)ccc87)[C@H]6c6cccc(Cl)c6F)cc5)CC4)CC3)c21. The Balaban J connectivity index is 0.713. The fraction of sp³-hybridized carbons (Fsp3) is 0.444. The molecule has 1 aromatic heterocycles. The molecule has 4 aromatic carbocycles. The zero-order chi connectivity index (χ0) is 50.1. The summed E-state index contributed by atoms with van der Waals surface area (Å²) in [6.45, 7) is 3.36. The fourth-order valence-corrected chi connectivity index (χ4v) is 13.5. The number of likely N-dealkylation sites (tertiary alicyclic amines) is 2. The Morgan fingerprint density at radius 3 is 2.26 bits per heavy atom. The van der Waals surface area contributed by atoms with E-state index in [0.717, 1.165) is 56.3 Å². The number of aromatic nitrogens is 2. The molecule has 5 fully saturated rings. The van der Waals surface area contributed by atoms with E-state index in [1.54, 1.807) is 60.1 Å². The Bertz CT molecular complexity index is 3070. The first-order chi connectivity index (χ1) is 34.8. The third-order valence-electron chi connectivity index (χ3n) is 16.5. The number of fused-ring (bicyclic) bond motifs is 4. The number of anilines is 2. The second kappa shape index (κ2) is 19.2. The summed E-state index contributed by atoms with van der Waals surface area (Å²) in [6.07, 6.45) is 7.53. The summed E-state index contributed by atoms with van der Waals surface area (Å²) in [4.78, 5) is 85.4. The van der Waals surface area contributed by atoms with Gasteiger partial charge in [0.1, 0.15) is 17.3 Å². The number of para-hydroxylation sites is 1. The first-order valence-electron chi connectivity index (χ1n) is 25.2. The average molecular weight is 1020 g/mol. The third-order valence-corrected chi connectivity index (χ3v) is 17.0. The molecule has 0 bridgehead atoms. The molecule has 18 heteroatoms. The molecule has 5 aromatic rings. The van der Waals surface area contributed by atoms with Crippen molar-refractivity contribution >= 4 is 75.1 Å². The molecule has 72 heavy (non-hydrogen) atoms. The number of rotatable bonds is 9. The van der Waals surface area contributed by atoms with Gasteiger partial charge in [-0.2, -0.15) is 0 Å². The number of nitrogens with one attached hydrogen (secondary N) is 4. The van der Waals surface area contributed by atoms with Crippen LogP contribution in [-0.4, -0.2) is 98.4 Å². The van der Waals surface area contributed by atoms with Gasteiger partial charge in [-0.1, -0.05) is 72.8 Å². The molecule has 376 valence electrons. The van der Waals surface area contributed by atoms with Crippen LogP contribution >= 0.6 is 23.2 Å². The molecule has 6 heterocycles. The number of imide groups is 1.